The number of hydrogen-bond acceptors (Lipinski definition) is 3. The van der Waals surface area contributed by atoms with E-state index in [-0.39, 0.29) is 5.41 Å². The molecule has 0 saturated heterocycles. The summed E-state index contributed by atoms with van der Waals surface area (Å²) in [6.07, 6.45) is 1.25. The van der Waals surface area contributed by atoms with Crippen molar-refractivity contribution in [2.75, 3.05) is 0 Å². The quantitative estimate of drug-likeness (QED) is 0.178. The zero-order chi connectivity index (χ0) is 41.2. The summed E-state index contributed by atoms with van der Waals surface area (Å²) in [5.74, 6) is 1.85. The Balaban J connectivity index is 0.00000136. The third kappa shape index (κ3) is 5.93. The van der Waals surface area contributed by atoms with Crippen LogP contribution in [0.1, 0.15) is 45.2 Å². The van der Waals surface area contributed by atoms with Gasteiger partial charge in [0.25, 0.3) is 0 Å². The molecule has 0 aliphatic heterocycles. The van der Waals surface area contributed by atoms with Crippen LogP contribution in [0, 0.1) is 0 Å². The zero-order valence-electron chi connectivity index (χ0n) is 34.8. The van der Waals surface area contributed by atoms with E-state index in [2.05, 4.69) is 196 Å². The Kier molecular flexibility index (Phi) is 8.64. The van der Waals surface area contributed by atoms with E-state index < -0.39 is 0 Å². The molecule has 12 rings (SSSR count). The Bertz CT molecular complexity index is 3500. The summed E-state index contributed by atoms with van der Waals surface area (Å²) in [6, 6.07) is 65.5. The molecule has 0 N–H and O–H groups in total. The summed E-state index contributed by atoms with van der Waals surface area (Å²) in [6.45, 7) is 8.98. The Labute approximate surface area is 355 Å². The molecule has 4 heteroatoms. The van der Waals surface area contributed by atoms with Gasteiger partial charge in [0.1, 0.15) is 0 Å². The molecule has 2 aromatic heterocycles. The Morgan fingerprint density at radius 1 is 0.426 bits per heavy atom. The SMILES string of the molecule is CC1(C)c2cc(-c3cccc4c5cc6ccccc6cc5n(-c5nc(-c6ccccc6)nc(-c6ccc7ccccc7c6)n5)c34)ccc2-c2c1ccc1ccccc21.CCC. The molecule has 0 amide bonds. The molecule has 0 spiro atoms. The van der Waals surface area contributed by atoms with E-state index in [9.17, 15) is 0 Å². The van der Waals surface area contributed by atoms with Crippen molar-refractivity contribution in [2.24, 2.45) is 0 Å². The molecule has 0 unspecified atom stereocenters. The van der Waals surface area contributed by atoms with E-state index >= 15 is 0 Å². The minimum Gasteiger partial charge on any atom is -0.277 e. The first kappa shape index (κ1) is 36.6. The van der Waals surface area contributed by atoms with Crippen molar-refractivity contribution >= 4 is 54.1 Å². The maximum atomic E-state index is 5.37. The van der Waals surface area contributed by atoms with Gasteiger partial charge in [-0.05, 0) is 84.4 Å². The fraction of sp³-hybridized carbons (Fsp3) is 0.105. The van der Waals surface area contributed by atoms with Gasteiger partial charge in [0.2, 0.25) is 5.95 Å². The zero-order valence-corrected chi connectivity index (χ0v) is 34.8. The van der Waals surface area contributed by atoms with Crippen molar-refractivity contribution in [1.82, 2.24) is 19.5 Å². The monoisotopic (exact) mass is 784 g/mol. The highest BCUT2D eigenvalue weighted by molar-refractivity contribution is 6.17. The topological polar surface area (TPSA) is 43.6 Å². The third-order valence-corrected chi connectivity index (χ3v) is 12.4. The molecule has 0 bridgehead atoms. The summed E-state index contributed by atoms with van der Waals surface area (Å²) in [7, 11) is 0. The maximum absolute atomic E-state index is 5.37. The molecule has 0 radical (unpaired) electrons. The van der Waals surface area contributed by atoms with Crippen LogP contribution in [0.2, 0.25) is 0 Å². The van der Waals surface area contributed by atoms with Crippen molar-refractivity contribution in [2.45, 2.75) is 39.5 Å². The predicted octanol–water partition coefficient (Wildman–Crippen LogP) is 15.2. The van der Waals surface area contributed by atoms with E-state index in [4.69, 9.17) is 15.0 Å². The van der Waals surface area contributed by atoms with E-state index in [1.165, 1.54) is 50.2 Å². The lowest BCUT2D eigenvalue weighted by atomic mass is 9.81. The highest BCUT2D eigenvalue weighted by Gasteiger charge is 2.37. The van der Waals surface area contributed by atoms with E-state index in [0.717, 1.165) is 54.8 Å². The Morgan fingerprint density at radius 3 is 1.80 bits per heavy atom. The van der Waals surface area contributed by atoms with Gasteiger partial charge in [-0.2, -0.15) is 9.97 Å². The van der Waals surface area contributed by atoms with E-state index in [0.29, 0.717) is 17.6 Å². The highest BCUT2D eigenvalue weighted by atomic mass is 15.2. The molecule has 11 aromatic rings. The number of fused-ring (bicyclic) bond motifs is 10. The van der Waals surface area contributed by atoms with Gasteiger partial charge in [-0.15, -0.1) is 0 Å². The maximum Gasteiger partial charge on any atom is 0.238 e. The van der Waals surface area contributed by atoms with Crippen LogP contribution < -0.4 is 0 Å². The van der Waals surface area contributed by atoms with Crippen molar-refractivity contribution in [3.63, 3.8) is 0 Å². The molecule has 2 heterocycles. The van der Waals surface area contributed by atoms with Gasteiger partial charge < -0.3 is 0 Å². The van der Waals surface area contributed by atoms with Crippen molar-refractivity contribution < 1.29 is 0 Å². The fourth-order valence-electron chi connectivity index (χ4n) is 9.51. The molecule has 4 nitrogen and oxygen atoms in total. The van der Waals surface area contributed by atoms with Crippen LogP contribution in [0.25, 0.3) is 105 Å². The lowest BCUT2D eigenvalue weighted by Crippen LogP contribution is -2.15. The first-order valence-corrected chi connectivity index (χ1v) is 21.4. The predicted molar refractivity (Wildman–Crippen MR) is 257 cm³/mol. The molecule has 0 atom stereocenters. The van der Waals surface area contributed by atoms with Gasteiger partial charge in [0.15, 0.2) is 11.6 Å². The number of rotatable bonds is 4. The van der Waals surface area contributed by atoms with Crippen LogP contribution in [0.4, 0.5) is 0 Å². The van der Waals surface area contributed by atoms with Gasteiger partial charge in [-0.1, -0.05) is 192 Å². The van der Waals surface area contributed by atoms with Crippen molar-refractivity contribution in [3.8, 4) is 51.0 Å². The van der Waals surface area contributed by atoms with Gasteiger partial charge in [0, 0.05) is 32.9 Å². The average Bonchev–Trinajstić information content (AvgIpc) is 3.75. The number of nitrogens with zero attached hydrogens (tertiary/aromatic N) is 4. The lowest BCUT2D eigenvalue weighted by molar-refractivity contribution is 0.661. The Hall–Kier alpha value is -7.43. The van der Waals surface area contributed by atoms with Crippen LogP contribution >= 0.6 is 0 Å². The molecular formula is C57H44N4. The minimum atomic E-state index is -0.170. The summed E-state index contributed by atoms with van der Waals surface area (Å²) in [5.41, 5.74) is 11.5. The highest BCUT2D eigenvalue weighted by Crippen LogP contribution is 2.52. The second kappa shape index (κ2) is 14.4. The molecule has 1 aliphatic carbocycles. The normalized spacial score (nSPS) is 12.8. The largest absolute Gasteiger partial charge is 0.277 e. The van der Waals surface area contributed by atoms with E-state index in [1.54, 1.807) is 0 Å². The van der Waals surface area contributed by atoms with Crippen molar-refractivity contribution in [1.29, 1.82) is 0 Å². The molecule has 292 valence electrons. The van der Waals surface area contributed by atoms with Crippen LogP contribution in [0.15, 0.2) is 182 Å². The summed E-state index contributed by atoms with van der Waals surface area (Å²) in [5, 5.41) is 9.57. The first-order chi connectivity index (χ1) is 29.9. The molecule has 61 heavy (non-hydrogen) atoms. The smallest absolute Gasteiger partial charge is 0.238 e. The van der Waals surface area contributed by atoms with Crippen LogP contribution in [0.3, 0.4) is 0 Å². The fourth-order valence-corrected chi connectivity index (χ4v) is 9.51. The molecule has 1 aliphatic rings. The minimum absolute atomic E-state index is 0.170. The third-order valence-electron chi connectivity index (χ3n) is 12.4. The van der Waals surface area contributed by atoms with Crippen LogP contribution in [0.5, 0.6) is 0 Å². The number of benzene rings is 9. The van der Waals surface area contributed by atoms with Gasteiger partial charge >= 0.3 is 0 Å². The number of hydrogen-bond donors (Lipinski definition) is 0. The molecule has 9 aromatic carbocycles. The standard InChI is InChI=1S/C54H36N4.C3H8/c1-54(2)46-28-26-34-14-10-11-20-41(34)49(46)44-27-25-39(31-47(44)54)42-21-12-22-43-45-30-37-18-8-9-19-38(37)32-48(45)58(50(42)43)53-56-51(35-15-4-3-5-16-35)55-52(57-53)40-24-23-33-13-6-7-17-36(33)29-40;1-3-2/h3-32H,1-2H3;3H2,1-2H3. The Morgan fingerprint density at radius 2 is 1.03 bits per heavy atom. The molecular weight excluding hydrogens is 741 g/mol. The number of aromatic nitrogens is 4. The van der Waals surface area contributed by atoms with Gasteiger partial charge in [0.05, 0.1) is 11.0 Å². The van der Waals surface area contributed by atoms with Gasteiger partial charge in [-0.25, -0.2) is 4.98 Å². The summed E-state index contributed by atoms with van der Waals surface area (Å²) < 4.78 is 2.28. The summed E-state index contributed by atoms with van der Waals surface area (Å²) >= 11 is 0. The first-order valence-electron chi connectivity index (χ1n) is 21.4. The molecule has 0 saturated carbocycles. The van der Waals surface area contributed by atoms with Crippen LogP contribution in [-0.2, 0) is 5.41 Å². The second-order valence-corrected chi connectivity index (χ2v) is 16.8. The van der Waals surface area contributed by atoms with E-state index in [1.807, 2.05) is 18.2 Å². The lowest BCUT2D eigenvalue weighted by Gasteiger charge is -2.22. The van der Waals surface area contributed by atoms with Crippen LogP contribution in [-0.4, -0.2) is 19.5 Å². The van der Waals surface area contributed by atoms with Gasteiger partial charge in [-0.3, -0.25) is 4.57 Å². The number of para-hydroxylation sites is 1. The summed E-state index contributed by atoms with van der Waals surface area (Å²) in [4.78, 5) is 15.8. The second-order valence-electron chi connectivity index (χ2n) is 16.8. The molecule has 0 fully saturated rings. The van der Waals surface area contributed by atoms with Crippen molar-refractivity contribution in [3.05, 3.63) is 193 Å². The average molecular weight is 785 g/mol.